The van der Waals surface area contributed by atoms with Gasteiger partial charge >= 0.3 is 5.97 Å². The first-order valence-corrected chi connectivity index (χ1v) is 6.01. The van der Waals surface area contributed by atoms with Gasteiger partial charge in [0.2, 0.25) is 0 Å². The minimum Gasteiger partial charge on any atom is -0.481 e. The predicted molar refractivity (Wildman–Crippen MR) is 64.0 cm³/mol. The molecule has 5 nitrogen and oxygen atoms in total. The molecule has 92 valence electrons. The number of hydrogen-bond donors (Lipinski definition) is 1. The first-order valence-electron chi connectivity index (χ1n) is 6.01. The maximum Gasteiger partial charge on any atom is 0.305 e. The van der Waals surface area contributed by atoms with Crippen LogP contribution in [0.4, 0.5) is 5.82 Å². The van der Waals surface area contributed by atoms with E-state index in [1.54, 1.807) is 0 Å². The largest absolute Gasteiger partial charge is 0.481 e. The zero-order chi connectivity index (χ0) is 12.3. The number of aromatic nitrogens is 2. The molecule has 0 aliphatic carbocycles. The Morgan fingerprint density at radius 2 is 2.35 bits per heavy atom. The van der Waals surface area contributed by atoms with Crippen LogP contribution in [-0.4, -0.2) is 33.9 Å². The molecule has 0 bridgehead atoms. The average Bonchev–Trinajstić information content (AvgIpc) is 2.76. The lowest BCUT2D eigenvalue weighted by atomic mass is 10.1. The molecule has 1 aliphatic rings. The van der Waals surface area contributed by atoms with E-state index in [4.69, 9.17) is 5.11 Å². The van der Waals surface area contributed by atoms with Crippen molar-refractivity contribution in [2.75, 3.05) is 11.4 Å². The monoisotopic (exact) mass is 235 g/mol. The molecule has 17 heavy (non-hydrogen) atoms. The van der Waals surface area contributed by atoms with Crippen molar-refractivity contribution in [3.05, 3.63) is 17.8 Å². The standard InChI is InChI=1S/C12H17N3O2/c1-2-9-5-6-11(14-13-9)15-7-3-4-10(15)8-12(16)17/h5-6,10H,2-4,7-8H2,1H3,(H,16,17). The Kier molecular flexibility index (Phi) is 3.56. The van der Waals surface area contributed by atoms with Crippen molar-refractivity contribution < 1.29 is 9.90 Å². The van der Waals surface area contributed by atoms with Crippen LogP contribution >= 0.6 is 0 Å². The molecule has 0 amide bonds. The summed E-state index contributed by atoms with van der Waals surface area (Å²) in [6, 6.07) is 3.96. The van der Waals surface area contributed by atoms with Crippen LogP contribution in [0.3, 0.4) is 0 Å². The maximum absolute atomic E-state index is 10.8. The fraction of sp³-hybridized carbons (Fsp3) is 0.583. The minimum absolute atomic E-state index is 0.0641. The fourth-order valence-corrected chi connectivity index (χ4v) is 2.25. The summed E-state index contributed by atoms with van der Waals surface area (Å²) >= 11 is 0. The van der Waals surface area contributed by atoms with Crippen LogP contribution in [-0.2, 0) is 11.2 Å². The van der Waals surface area contributed by atoms with E-state index >= 15 is 0 Å². The van der Waals surface area contributed by atoms with Gasteiger partial charge in [-0.1, -0.05) is 6.92 Å². The fourth-order valence-electron chi connectivity index (χ4n) is 2.25. The van der Waals surface area contributed by atoms with E-state index in [0.29, 0.717) is 0 Å². The third kappa shape index (κ3) is 2.72. The molecular weight excluding hydrogens is 218 g/mol. The normalized spacial score (nSPS) is 19.6. The second-order valence-electron chi connectivity index (χ2n) is 4.32. The van der Waals surface area contributed by atoms with Gasteiger partial charge in [-0.25, -0.2) is 0 Å². The molecule has 1 aromatic heterocycles. The van der Waals surface area contributed by atoms with Gasteiger partial charge in [-0.05, 0) is 31.4 Å². The molecule has 2 heterocycles. The first-order chi connectivity index (χ1) is 8.20. The van der Waals surface area contributed by atoms with Gasteiger partial charge < -0.3 is 10.0 Å². The van der Waals surface area contributed by atoms with E-state index in [1.807, 2.05) is 19.1 Å². The Balaban J connectivity index is 2.11. The van der Waals surface area contributed by atoms with Crippen molar-refractivity contribution in [2.24, 2.45) is 0 Å². The lowest BCUT2D eigenvalue weighted by molar-refractivity contribution is -0.137. The Morgan fingerprint density at radius 3 is 2.94 bits per heavy atom. The van der Waals surface area contributed by atoms with E-state index in [-0.39, 0.29) is 12.5 Å². The number of carbonyl (C=O) groups is 1. The molecule has 0 spiro atoms. The topological polar surface area (TPSA) is 66.3 Å². The van der Waals surface area contributed by atoms with E-state index in [1.165, 1.54) is 0 Å². The van der Waals surface area contributed by atoms with Gasteiger partial charge in [0.05, 0.1) is 12.1 Å². The van der Waals surface area contributed by atoms with E-state index < -0.39 is 5.97 Å². The van der Waals surface area contributed by atoms with Gasteiger partial charge in [0.25, 0.3) is 0 Å². The summed E-state index contributed by atoms with van der Waals surface area (Å²) in [7, 11) is 0. The summed E-state index contributed by atoms with van der Waals surface area (Å²) in [5, 5.41) is 17.1. The number of aryl methyl sites for hydroxylation is 1. The Labute approximate surface area is 100 Å². The quantitative estimate of drug-likeness (QED) is 0.856. The smallest absolute Gasteiger partial charge is 0.305 e. The molecule has 0 saturated carbocycles. The van der Waals surface area contributed by atoms with E-state index in [0.717, 1.165) is 37.3 Å². The van der Waals surface area contributed by atoms with Crippen molar-refractivity contribution in [1.82, 2.24) is 10.2 Å². The van der Waals surface area contributed by atoms with Crippen LogP contribution in [0.2, 0.25) is 0 Å². The van der Waals surface area contributed by atoms with Gasteiger partial charge in [-0.3, -0.25) is 4.79 Å². The molecule has 1 atom stereocenters. The van der Waals surface area contributed by atoms with E-state index in [2.05, 4.69) is 15.1 Å². The molecular formula is C12H17N3O2. The highest BCUT2D eigenvalue weighted by molar-refractivity contribution is 5.68. The lowest BCUT2D eigenvalue weighted by Gasteiger charge is -2.23. The second kappa shape index (κ2) is 5.12. The van der Waals surface area contributed by atoms with Crippen LogP contribution in [0.1, 0.15) is 31.9 Å². The molecule has 1 N–H and O–H groups in total. The average molecular weight is 235 g/mol. The summed E-state index contributed by atoms with van der Waals surface area (Å²) in [6.45, 7) is 2.91. The third-order valence-corrected chi connectivity index (χ3v) is 3.15. The molecule has 0 aromatic carbocycles. The summed E-state index contributed by atoms with van der Waals surface area (Å²) in [6.07, 6.45) is 2.99. The molecule has 2 rings (SSSR count). The molecule has 5 heteroatoms. The zero-order valence-corrected chi connectivity index (χ0v) is 9.96. The highest BCUT2D eigenvalue weighted by Crippen LogP contribution is 2.25. The Morgan fingerprint density at radius 1 is 1.53 bits per heavy atom. The molecule has 1 unspecified atom stereocenters. The van der Waals surface area contributed by atoms with Gasteiger partial charge in [0.15, 0.2) is 5.82 Å². The number of rotatable bonds is 4. The Bertz CT molecular complexity index is 391. The molecule has 1 fully saturated rings. The molecule has 1 aromatic rings. The van der Waals surface area contributed by atoms with Crippen molar-refractivity contribution in [3.8, 4) is 0 Å². The zero-order valence-electron chi connectivity index (χ0n) is 9.96. The lowest BCUT2D eigenvalue weighted by Crippen LogP contribution is -2.32. The number of carboxylic acid groups (broad SMARTS) is 1. The van der Waals surface area contributed by atoms with Crippen LogP contribution < -0.4 is 4.90 Å². The number of carboxylic acids is 1. The van der Waals surface area contributed by atoms with Crippen molar-refractivity contribution in [2.45, 2.75) is 38.6 Å². The van der Waals surface area contributed by atoms with Gasteiger partial charge in [-0.2, -0.15) is 5.10 Å². The third-order valence-electron chi connectivity index (χ3n) is 3.15. The highest BCUT2D eigenvalue weighted by atomic mass is 16.4. The maximum atomic E-state index is 10.8. The Hall–Kier alpha value is -1.65. The van der Waals surface area contributed by atoms with Gasteiger partial charge in [0.1, 0.15) is 0 Å². The van der Waals surface area contributed by atoms with Crippen molar-refractivity contribution in [1.29, 1.82) is 0 Å². The minimum atomic E-state index is -0.750. The number of hydrogen-bond acceptors (Lipinski definition) is 4. The van der Waals surface area contributed by atoms with Crippen LogP contribution in [0.15, 0.2) is 12.1 Å². The number of anilines is 1. The van der Waals surface area contributed by atoms with Crippen LogP contribution in [0.5, 0.6) is 0 Å². The molecule has 0 radical (unpaired) electrons. The SMILES string of the molecule is CCc1ccc(N2CCCC2CC(=O)O)nn1. The molecule has 1 aliphatic heterocycles. The van der Waals surface area contributed by atoms with Crippen LogP contribution in [0.25, 0.3) is 0 Å². The summed E-state index contributed by atoms with van der Waals surface area (Å²) in [4.78, 5) is 12.8. The van der Waals surface area contributed by atoms with Crippen molar-refractivity contribution in [3.63, 3.8) is 0 Å². The van der Waals surface area contributed by atoms with Crippen LogP contribution in [0, 0.1) is 0 Å². The summed E-state index contributed by atoms with van der Waals surface area (Å²) in [5.74, 6) is 0.0472. The second-order valence-corrected chi connectivity index (χ2v) is 4.32. The molecule has 1 saturated heterocycles. The number of nitrogens with zero attached hydrogens (tertiary/aromatic N) is 3. The van der Waals surface area contributed by atoms with Gasteiger partial charge in [0, 0.05) is 12.6 Å². The van der Waals surface area contributed by atoms with Gasteiger partial charge in [-0.15, -0.1) is 5.10 Å². The van der Waals surface area contributed by atoms with E-state index in [9.17, 15) is 4.79 Å². The highest BCUT2D eigenvalue weighted by Gasteiger charge is 2.27. The van der Waals surface area contributed by atoms with Crippen molar-refractivity contribution >= 4 is 11.8 Å². The predicted octanol–water partition coefficient (Wildman–Crippen LogP) is 1.48. The summed E-state index contributed by atoms with van der Waals surface area (Å²) in [5.41, 5.74) is 0.961. The number of aliphatic carboxylic acids is 1. The summed E-state index contributed by atoms with van der Waals surface area (Å²) < 4.78 is 0. The first kappa shape index (κ1) is 11.8.